The van der Waals surface area contributed by atoms with Crippen molar-refractivity contribution in [2.75, 3.05) is 12.4 Å². The lowest BCUT2D eigenvalue weighted by molar-refractivity contribution is 0.0963. The summed E-state index contributed by atoms with van der Waals surface area (Å²) in [7, 11) is 1.63. The van der Waals surface area contributed by atoms with Gasteiger partial charge in [0.05, 0.1) is 27.2 Å². The van der Waals surface area contributed by atoms with E-state index in [4.69, 9.17) is 4.98 Å². The molecule has 0 saturated carbocycles. The minimum atomic E-state index is -0.224. The second kappa shape index (κ2) is 8.48. The van der Waals surface area contributed by atoms with Crippen molar-refractivity contribution in [2.24, 2.45) is 5.92 Å². The molecule has 0 bridgehead atoms. The molecule has 1 atom stereocenters. The van der Waals surface area contributed by atoms with E-state index >= 15 is 0 Å². The molecule has 7 heteroatoms. The summed E-state index contributed by atoms with van der Waals surface area (Å²) in [5.41, 5.74) is 3.80. The van der Waals surface area contributed by atoms with Crippen LogP contribution in [0.25, 0.3) is 21.5 Å². The van der Waals surface area contributed by atoms with Gasteiger partial charge in [-0.3, -0.25) is 9.59 Å². The Kier molecular flexibility index (Phi) is 5.53. The molecule has 0 saturated heterocycles. The van der Waals surface area contributed by atoms with E-state index < -0.39 is 0 Å². The maximum Gasteiger partial charge on any atom is 0.257 e. The van der Waals surface area contributed by atoms with E-state index in [1.807, 2.05) is 47.8 Å². The Labute approximate surface area is 194 Å². The zero-order chi connectivity index (χ0) is 22.2. The predicted octanol–water partition coefficient (Wildman–Crippen LogP) is 5.76. The minimum absolute atomic E-state index is 0.147. The first-order valence-electron chi connectivity index (χ1n) is 10.7. The number of rotatable bonds is 4. The van der Waals surface area contributed by atoms with Crippen LogP contribution in [-0.4, -0.2) is 23.8 Å². The summed E-state index contributed by atoms with van der Waals surface area (Å²) in [5.74, 6) is 0.212. The van der Waals surface area contributed by atoms with Crippen LogP contribution in [0.1, 0.15) is 44.5 Å². The number of aromatic nitrogens is 1. The summed E-state index contributed by atoms with van der Waals surface area (Å²) in [6.45, 7) is 2.23. The number of carbonyl (C=O) groups excluding carboxylic acids is 2. The normalized spacial score (nSPS) is 15.4. The molecule has 4 aromatic rings. The molecule has 1 aromatic carbocycles. The lowest BCUT2D eigenvalue weighted by Crippen LogP contribution is -2.22. The molecule has 1 unspecified atom stereocenters. The van der Waals surface area contributed by atoms with E-state index in [1.165, 1.54) is 16.2 Å². The van der Waals surface area contributed by atoms with Gasteiger partial charge in [0.15, 0.2) is 0 Å². The summed E-state index contributed by atoms with van der Waals surface area (Å²) in [5, 5.41) is 9.24. The van der Waals surface area contributed by atoms with Gasteiger partial charge in [0.1, 0.15) is 5.00 Å². The van der Waals surface area contributed by atoms with Crippen LogP contribution in [0, 0.1) is 5.92 Å². The highest BCUT2D eigenvalue weighted by atomic mass is 32.1. The predicted molar refractivity (Wildman–Crippen MR) is 132 cm³/mol. The average Bonchev–Trinajstić information content (AvgIpc) is 3.45. The van der Waals surface area contributed by atoms with Crippen molar-refractivity contribution in [3.63, 3.8) is 0 Å². The Balaban J connectivity index is 1.58. The fourth-order valence-corrected chi connectivity index (χ4v) is 6.38. The van der Waals surface area contributed by atoms with Crippen LogP contribution in [-0.2, 0) is 12.8 Å². The molecule has 5 rings (SSSR count). The first-order valence-corrected chi connectivity index (χ1v) is 12.4. The number of para-hydroxylation sites is 1. The molecular weight excluding hydrogens is 438 g/mol. The van der Waals surface area contributed by atoms with Crippen LogP contribution in [0.3, 0.4) is 0 Å². The molecule has 0 aliphatic heterocycles. The van der Waals surface area contributed by atoms with Gasteiger partial charge in [-0.05, 0) is 54.3 Å². The third-order valence-electron chi connectivity index (χ3n) is 5.93. The second-order valence-electron chi connectivity index (χ2n) is 8.14. The molecule has 1 aliphatic rings. The van der Waals surface area contributed by atoms with Gasteiger partial charge in [0, 0.05) is 17.3 Å². The Morgan fingerprint density at radius 3 is 2.75 bits per heavy atom. The van der Waals surface area contributed by atoms with E-state index in [0.717, 1.165) is 46.3 Å². The summed E-state index contributed by atoms with van der Waals surface area (Å²) >= 11 is 3.13. The molecule has 3 aromatic heterocycles. The highest BCUT2D eigenvalue weighted by Gasteiger charge is 2.28. The molecule has 5 nitrogen and oxygen atoms in total. The van der Waals surface area contributed by atoms with E-state index in [1.54, 1.807) is 18.4 Å². The zero-order valence-electron chi connectivity index (χ0n) is 17.9. The molecule has 3 heterocycles. The van der Waals surface area contributed by atoms with Crippen molar-refractivity contribution in [1.29, 1.82) is 0 Å². The Bertz CT molecular complexity index is 1320. The molecule has 2 N–H and O–H groups in total. The van der Waals surface area contributed by atoms with E-state index in [-0.39, 0.29) is 11.8 Å². The van der Waals surface area contributed by atoms with Gasteiger partial charge in [-0.15, -0.1) is 22.7 Å². The smallest absolute Gasteiger partial charge is 0.257 e. The Morgan fingerprint density at radius 1 is 1.12 bits per heavy atom. The lowest BCUT2D eigenvalue weighted by atomic mass is 9.88. The van der Waals surface area contributed by atoms with Crippen LogP contribution >= 0.6 is 22.7 Å². The van der Waals surface area contributed by atoms with Crippen molar-refractivity contribution in [3.8, 4) is 10.6 Å². The number of hydrogen-bond acceptors (Lipinski definition) is 5. The number of benzene rings is 1. The standard InChI is InChI=1S/C25H23N3O2S2/c1-14-9-10-16-21(12-14)32-25(22(16)24(30)26-2)28-23(29)17-13-19(20-8-5-11-31-20)27-18-7-4-3-6-15(17)18/h3-8,11,13-14H,9-10,12H2,1-2H3,(H,26,30)(H,28,29). The summed E-state index contributed by atoms with van der Waals surface area (Å²) in [6.07, 6.45) is 2.87. The van der Waals surface area contributed by atoms with Gasteiger partial charge in [0.2, 0.25) is 0 Å². The summed E-state index contributed by atoms with van der Waals surface area (Å²) < 4.78 is 0. The van der Waals surface area contributed by atoms with Gasteiger partial charge in [-0.2, -0.15) is 0 Å². The SMILES string of the molecule is CNC(=O)c1c(NC(=O)c2cc(-c3cccs3)nc3ccccc23)sc2c1CCC(C)C2. The van der Waals surface area contributed by atoms with Gasteiger partial charge in [-0.25, -0.2) is 4.98 Å². The number of nitrogens with zero attached hydrogens (tertiary/aromatic N) is 1. The molecular formula is C25H23N3O2S2. The number of amides is 2. The van der Waals surface area contributed by atoms with Crippen LogP contribution < -0.4 is 10.6 Å². The number of carbonyl (C=O) groups is 2. The quantitative estimate of drug-likeness (QED) is 0.406. The van der Waals surface area contributed by atoms with Crippen LogP contribution in [0.4, 0.5) is 5.00 Å². The third kappa shape index (κ3) is 3.72. The number of fused-ring (bicyclic) bond motifs is 2. The topological polar surface area (TPSA) is 71.1 Å². The number of nitrogens with one attached hydrogen (secondary N) is 2. The van der Waals surface area contributed by atoms with E-state index in [9.17, 15) is 9.59 Å². The summed E-state index contributed by atoms with van der Waals surface area (Å²) in [4.78, 5) is 33.2. The molecule has 2 amide bonds. The molecule has 0 spiro atoms. The van der Waals surface area contributed by atoms with Gasteiger partial charge >= 0.3 is 0 Å². The Morgan fingerprint density at radius 2 is 1.97 bits per heavy atom. The Hall–Kier alpha value is -3.03. The molecule has 0 fully saturated rings. The maximum atomic E-state index is 13.5. The maximum absolute atomic E-state index is 13.5. The van der Waals surface area contributed by atoms with Crippen LogP contribution in [0.2, 0.25) is 0 Å². The van der Waals surface area contributed by atoms with Crippen LogP contribution in [0.15, 0.2) is 47.8 Å². The monoisotopic (exact) mass is 461 g/mol. The van der Waals surface area contributed by atoms with Crippen LogP contribution in [0.5, 0.6) is 0 Å². The number of hydrogen-bond donors (Lipinski definition) is 2. The third-order valence-corrected chi connectivity index (χ3v) is 7.99. The van der Waals surface area contributed by atoms with E-state index in [2.05, 4.69) is 17.6 Å². The fraction of sp³-hybridized carbons (Fsp3) is 0.240. The zero-order valence-corrected chi connectivity index (χ0v) is 19.5. The molecule has 0 radical (unpaired) electrons. The number of anilines is 1. The summed E-state index contributed by atoms with van der Waals surface area (Å²) in [6, 6.07) is 13.5. The number of pyridine rings is 1. The van der Waals surface area contributed by atoms with Crippen molar-refractivity contribution in [1.82, 2.24) is 10.3 Å². The van der Waals surface area contributed by atoms with Gasteiger partial charge in [0.25, 0.3) is 11.8 Å². The average molecular weight is 462 g/mol. The van der Waals surface area contributed by atoms with Gasteiger partial charge in [-0.1, -0.05) is 31.2 Å². The minimum Gasteiger partial charge on any atom is -0.355 e. The molecule has 1 aliphatic carbocycles. The first kappa shape index (κ1) is 20.8. The molecule has 162 valence electrons. The highest BCUT2D eigenvalue weighted by molar-refractivity contribution is 7.17. The van der Waals surface area contributed by atoms with Crippen molar-refractivity contribution < 1.29 is 9.59 Å². The number of thiophene rings is 2. The van der Waals surface area contributed by atoms with E-state index in [0.29, 0.717) is 22.0 Å². The fourth-order valence-electron chi connectivity index (χ4n) is 4.29. The van der Waals surface area contributed by atoms with Gasteiger partial charge < -0.3 is 10.6 Å². The first-order chi connectivity index (χ1) is 15.5. The van der Waals surface area contributed by atoms with Crippen molar-refractivity contribution in [3.05, 3.63) is 69.4 Å². The lowest BCUT2D eigenvalue weighted by Gasteiger charge is -2.18. The molecule has 32 heavy (non-hydrogen) atoms. The largest absolute Gasteiger partial charge is 0.355 e. The van der Waals surface area contributed by atoms with Crippen molar-refractivity contribution >= 4 is 50.4 Å². The highest BCUT2D eigenvalue weighted by Crippen LogP contribution is 2.40. The van der Waals surface area contributed by atoms with Crippen molar-refractivity contribution in [2.45, 2.75) is 26.2 Å². The second-order valence-corrected chi connectivity index (χ2v) is 10.2.